The Labute approximate surface area is 505 Å². The third-order valence-corrected chi connectivity index (χ3v) is 14.5. The van der Waals surface area contributed by atoms with Gasteiger partial charge in [-0.15, -0.1) is 0 Å². The fourth-order valence-corrected chi connectivity index (χ4v) is 10.5. The number of rotatable bonds is 21. The number of hydrogen-bond donors (Lipinski definition) is 3. The van der Waals surface area contributed by atoms with Crippen molar-refractivity contribution in [2.75, 3.05) is 32.8 Å². The van der Waals surface area contributed by atoms with Crippen molar-refractivity contribution < 1.29 is 38.5 Å². The van der Waals surface area contributed by atoms with Gasteiger partial charge in [0.15, 0.2) is 0 Å². The first-order chi connectivity index (χ1) is 41.4. The summed E-state index contributed by atoms with van der Waals surface area (Å²) < 4.78 is 21.0. The molecule has 4 amide bonds. The quantitative estimate of drug-likeness (QED) is 0.0586. The predicted molar refractivity (Wildman–Crippen MR) is 334 cm³/mol. The Bertz CT molecular complexity index is 3420. The minimum atomic E-state index is -1.07. The highest BCUT2D eigenvalue weighted by Crippen LogP contribution is 2.41. The zero-order valence-corrected chi connectivity index (χ0v) is 50.1. The SMILES string of the molecule is C=CC(=O)N(CC(O)CNC(=O)OCc1ccccc1)[C@@H](c1nc(-c2ccccc2)cn1Cc1ccccc1)C(C)(C)C.CC(C)(C)[C@H](c1nc(-c2ccccc2)cn1Cc1ccccc1)N1CC(CNC(=O)OCc2ccccc2)OCCC1=O. The average molecular weight is 1160 g/mol. The molecule has 16 nitrogen and oxygen atoms in total. The van der Waals surface area contributed by atoms with Gasteiger partial charge in [-0.3, -0.25) is 9.59 Å². The number of nitrogens with one attached hydrogen (secondary N) is 2. The summed E-state index contributed by atoms with van der Waals surface area (Å²) in [5, 5.41) is 16.5. The fourth-order valence-electron chi connectivity index (χ4n) is 10.5. The van der Waals surface area contributed by atoms with E-state index < -0.39 is 35.9 Å². The van der Waals surface area contributed by atoms with Gasteiger partial charge in [-0.25, -0.2) is 19.6 Å². The van der Waals surface area contributed by atoms with Crippen LogP contribution in [0.3, 0.4) is 0 Å². The van der Waals surface area contributed by atoms with E-state index in [9.17, 15) is 24.3 Å². The molecule has 1 saturated heterocycles. The van der Waals surface area contributed by atoms with Crippen molar-refractivity contribution in [1.82, 2.24) is 39.5 Å². The maximum Gasteiger partial charge on any atom is 0.407 e. The summed E-state index contributed by atoms with van der Waals surface area (Å²) in [6.45, 7) is 18.4. The van der Waals surface area contributed by atoms with Crippen molar-refractivity contribution in [3.63, 3.8) is 0 Å². The predicted octanol–water partition coefficient (Wildman–Crippen LogP) is 12.2. The summed E-state index contributed by atoms with van der Waals surface area (Å²) in [5.74, 6) is 1.16. The molecule has 2 unspecified atom stereocenters. The first-order valence-electron chi connectivity index (χ1n) is 29.2. The van der Waals surface area contributed by atoms with E-state index in [2.05, 4.69) is 89.7 Å². The summed E-state index contributed by atoms with van der Waals surface area (Å²) >= 11 is 0. The van der Waals surface area contributed by atoms with E-state index in [1.807, 2.05) is 177 Å². The summed E-state index contributed by atoms with van der Waals surface area (Å²) in [4.78, 5) is 65.6. The summed E-state index contributed by atoms with van der Waals surface area (Å²) in [7, 11) is 0. The number of aliphatic hydroxyl groups excluding tert-OH is 1. The third-order valence-electron chi connectivity index (χ3n) is 14.5. The van der Waals surface area contributed by atoms with Gasteiger partial charge in [0.25, 0.3) is 0 Å². The van der Waals surface area contributed by atoms with Crippen LogP contribution in [0.15, 0.2) is 207 Å². The molecule has 448 valence electrons. The minimum absolute atomic E-state index is 0.00426. The molecule has 6 aromatic carbocycles. The number of aromatic nitrogens is 4. The zero-order chi connectivity index (χ0) is 61.1. The number of alkyl carbamates (subject to hydrolysis) is 2. The Morgan fingerprint density at radius 1 is 0.640 bits per heavy atom. The number of aliphatic hydroxyl groups is 1. The van der Waals surface area contributed by atoms with Crippen LogP contribution in [0, 0.1) is 10.8 Å². The van der Waals surface area contributed by atoms with Crippen LogP contribution < -0.4 is 10.6 Å². The molecule has 0 saturated carbocycles. The van der Waals surface area contributed by atoms with Gasteiger partial charge in [-0.1, -0.05) is 230 Å². The van der Waals surface area contributed by atoms with Crippen LogP contribution in [0.5, 0.6) is 0 Å². The summed E-state index contributed by atoms with van der Waals surface area (Å²) in [5.41, 5.74) is 6.81. The van der Waals surface area contributed by atoms with Crippen LogP contribution in [0.4, 0.5) is 9.59 Å². The van der Waals surface area contributed by atoms with E-state index in [0.717, 1.165) is 50.6 Å². The van der Waals surface area contributed by atoms with Crippen LogP contribution in [-0.2, 0) is 50.1 Å². The number of carbonyl (C=O) groups excluding carboxylic acids is 4. The molecule has 8 aromatic rings. The number of ether oxygens (including phenoxy) is 3. The Hall–Kier alpha value is -9.12. The summed E-state index contributed by atoms with van der Waals surface area (Å²) in [6.07, 6.45) is 2.96. The van der Waals surface area contributed by atoms with E-state index >= 15 is 0 Å². The van der Waals surface area contributed by atoms with Crippen molar-refractivity contribution in [2.45, 2.75) is 98.6 Å². The van der Waals surface area contributed by atoms with Gasteiger partial charge in [0, 0.05) is 62.8 Å². The number of amides is 4. The van der Waals surface area contributed by atoms with Gasteiger partial charge in [0.1, 0.15) is 24.9 Å². The molecule has 0 aliphatic carbocycles. The number of benzene rings is 6. The van der Waals surface area contributed by atoms with E-state index in [1.165, 1.54) is 6.08 Å². The Morgan fingerprint density at radius 3 is 1.52 bits per heavy atom. The van der Waals surface area contributed by atoms with Gasteiger partial charge < -0.3 is 48.9 Å². The molecular formula is C70H80N8O8. The molecule has 0 bridgehead atoms. The van der Waals surface area contributed by atoms with Crippen LogP contribution in [0.2, 0.25) is 0 Å². The molecule has 86 heavy (non-hydrogen) atoms. The first kappa shape index (κ1) is 62.9. The monoisotopic (exact) mass is 1160 g/mol. The number of imidazole rings is 2. The van der Waals surface area contributed by atoms with Gasteiger partial charge in [-0.2, -0.15) is 0 Å². The molecule has 2 aromatic heterocycles. The Morgan fingerprint density at radius 2 is 1.07 bits per heavy atom. The highest BCUT2D eigenvalue weighted by Gasteiger charge is 2.41. The van der Waals surface area contributed by atoms with E-state index in [-0.39, 0.29) is 69.1 Å². The number of nitrogens with zero attached hydrogens (tertiary/aromatic N) is 6. The molecule has 1 aliphatic heterocycles. The molecule has 1 aliphatic rings. The van der Waals surface area contributed by atoms with Crippen molar-refractivity contribution in [2.24, 2.45) is 10.8 Å². The van der Waals surface area contributed by atoms with Crippen LogP contribution in [-0.4, -0.2) is 103 Å². The lowest BCUT2D eigenvalue weighted by molar-refractivity contribution is -0.136. The van der Waals surface area contributed by atoms with E-state index in [0.29, 0.717) is 25.5 Å². The van der Waals surface area contributed by atoms with Crippen molar-refractivity contribution in [3.8, 4) is 22.5 Å². The van der Waals surface area contributed by atoms with Gasteiger partial charge >= 0.3 is 12.2 Å². The van der Waals surface area contributed by atoms with Gasteiger partial charge in [0.05, 0.1) is 48.7 Å². The van der Waals surface area contributed by atoms with Crippen LogP contribution >= 0.6 is 0 Å². The number of carbonyl (C=O) groups is 4. The van der Waals surface area contributed by atoms with Crippen LogP contribution in [0.25, 0.3) is 22.5 Å². The second-order valence-electron chi connectivity index (χ2n) is 23.5. The molecule has 9 rings (SSSR count). The lowest BCUT2D eigenvalue weighted by atomic mass is 9.84. The zero-order valence-electron chi connectivity index (χ0n) is 50.1. The molecular weight excluding hydrogens is 1080 g/mol. The van der Waals surface area contributed by atoms with E-state index in [1.54, 1.807) is 4.90 Å². The molecule has 4 atom stereocenters. The highest BCUT2D eigenvalue weighted by atomic mass is 16.6. The van der Waals surface area contributed by atoms with E-state index in [4.69, 9.17) is 24.2 Å². The molecule has 0 spiro atoms. The van der Waals surface area contributed by atoms with Gasteiger partial charge in [0.2, 0.25) is 11.8 Å². The molecule has 3 heterocycles. The first-order valence-corrected chi connectivity index (χ1v) is 29.2. The van der Waals surface area contributed by atoms with Gasteiger partial charge in [-0.05, 0) is 39.2 Å². The van der Waals surface area contributed by atoms with Crippen molar-refractivity contribution >= 4 is 24.0 Å². The maximum absolute atomic E-state index is 13.7. The van der Waals surface area contributed by atoms with Crippen LogP contribution in [0.1, 0.15) is 93.9 Å². The average Bonchev–Trinajstić information content (AvgIpc) is 1.74. The normalized spacial score (nSPS) is 14.5. The second kappa shape index (κ2) is 30.1. The summed E-state index contributed by atoms with van der Waals surface area (Å²) in [6, 6.07) is 58.3. The Kier molecular flexibility index (Phi) is 22.0. The lowest BCUT2D eigenvalue weighted by Crippen LogP contribution is -2.47. The largest absolute Gasteiger partial charge is 0.445 e. The molecule has 1 fully saturated rings. The molecule has 16 heteroatoms. The number of hydrogen-bond acceptors (Lipinski definition) is 10. The minimum Gasteiger partial charge on any atom is -0.445 e. The maximum atomic E-state index is 13.7. The van der Waals surface area contributed by atoms with Crippen molar-refractivity contribution in [1.29, 1.82) is 0 Å². The second-order valence-corrected chi connectivity index (χ2v) is 23.5. The Balaban J connectivity index is 0.000000223. The fraction of sp³-hybridized carbons (Fsp3) is 0.314. The topological polar surface area (TPSA) is 182 Å². The third kappa shape index (κ3) is 18.0. The standard InChI is InChI=1S/2C35H40N4O4/c1-35(2,3)32(33-37-30(28-17-11-6-12-18-28)24-38(33)22-26-13-7-4-8-14-26)39-23-29(42-20-19-31(39)40)21-36-34(41)43-25-27-15-9-5-10-16-27;1-5-31(41)39(23-29(40)21-36-34(42)43-25-27-17-11-7-12-18-27)32(35(2,3)4)33-37-30(28-19-13-8-14-20-28)24-38(33)22-26-15-9-6-10-16-26/h4-18,24,29,32H,19-23,25H2,1-3H3,(H,36,41);5-20,24,29,32,40H,1,21-23,25H2,2-4H3,(H,36,42)/t2*29?,32-/m00/s1. The molecule has 0 radical (unpaired) electrons. The lowest BCUT2D eigenvalue weighted by Gasteiger charge is -2.40. The highest BCUT2D eigenvalue weighted by molar-refractivity contribution is 5.87. The molecule has 3 N–H and O–H groups in total. The van der Waals surface area contributed by atoms with Crippen molar-refractivity contribution in [3.05, 3.63) is 241 Å². The smallest absolute Gasteiger partial charge is 0.407 e.